The first-order valence-corrected chi connectivity index (χ1v) is 16.4. The van der Waals surface area contributed by atoms with Gasteiger partial charge in [-0.3, -0.25) is 0 Å². The molecule has 0 aliphatic heterocycles. The summed E-state index contributed by atoms with van der Waals surface area (Å²) in [7, 11) is -0.246. The van der Waals surface area contributed by atoms with Crippen molar-refractivity contribution in [2.75, 3.05) is 24.8 Å². The van der Waals surface area contributed by atoms with Crippen LogP contribution in [0.15, 0.2) is 35.4 Å². The van der Waals surface area contributed by atoms with Crippen molar-refractivity contribution < 1.29 is 0 Å². The van der Waals surface area contributed by atoms with E-state index in [1.807, 2.05) is 0 Å². The highest BCUT2D eigenvalue weighted by molar-refractivity contribution is 8.58. The van der Waals surface area contributed by atoms with Crippen LogP contribution in [-0.4, -0.2) is 30.0 Å². The molecule has 0 nitrogen and oxygen atoms in total. The number of hydrogen-bond acceptors (Lipinski definition) is 2. The molecule has 150 valence electrons. The molecule has 0 aromatic heterocycles. The SMILES string of the molecule is CSP(CCP(SC)C1(C)C(C)=CC(C)=CC1C)c1c(C)cc(C)cc1C. The van der Waals surface area contributed by atoms with E-state index < -0.39 is 0 Å². The first-order valence-electron chi connectivity index (χ1n) is 9.73. The smallest absolute Gasteiger partial charge is 0.0238 e. The Kier molecular flexibility index (Phi) is 8.58. The Bertz CT molecular complexity index is 715. The number of hydrogen-bond donors (Lipinski definition) is 0. The summed E-state index contributed by atoms with van der Waals surface area (Å²) in [5.74, 6) is 0.629. The van der Waals surface area contributed by atoms with Gasteiger partial charge in [0.1, 0.15) is 0 Å². The van der Waals surface area contributed by atoms with Gasteiger partial charge in [0.25, 0.3) is 0 Å². The number of rotatable bonds is 7. The van der Waals surface area contributed by atoms with Gasteiger partial charge in [0.05, 0.1) is 0 Å². The van der Waals surface area contributed by atoms with E-state index in [1.165, 1.54) is 34.6 Å². The fourth-order valence-electron chi connectivity index (χ4n) is 4.43. The lowest BCUT2D eigenvalue weighted by molar-refractivity contribution is 0.559. The van der Waals surface area contributed by atoms with E-state index in [2.05, 4.69) is 108 Å². The third-order valence-electron chi connectivity index (χ3n) is 5.99. The van der Waals surface area contributed by atoms with Crippen LogP contribution < -0.4 is 5.30 Å². The van der Waals surface area contributed by atoms with Crippen LogP contribution in [0.5, 0.6) is 0 Å². The monoisotopic (exact) mass is 438 g/mol. The van der Waals surface area contributed by atoms with E-state index in [0.717, 1.165) is 0 Å². The van der Waals surface area contributed by atoms with Gasteiger partial charge >= 0.3 is 0 Å². The summed E-state index contributed by atoms with van der Waals surface area (Å²) in [4.78, 5) is 0. The average Bonchev–Trinajstić information content (AvgIpc) is 2.57. The zero-order valence-corrected chi connectivity index (χ0v) is 21.9. The molecule has 4 atom stereocenters. The topological polar surface area (TPSA) is 0 Å². The maximum absolute atomic E-state index is 2.53. The van der Waals surface area contributed by atoms with Gasteiger partial charge in [-0.2, -0.15) is 0 Å². The molecule has 0 heterocycles. The van der Waals surface area contributed by atoms with Crippen LogP contribution in [-0.2, 0) is 0 Å². The fraction of sp³-hybridized carbons (Fsp3) is 0.565. The maximum atomic E-state index is 2.53. The largest absolute Gasteiger partial charge is 0.137 e. The maximum Gasteiger partial charge on any atom is 0.0238 e. The van der Waals surface area contributed by atoms with Gasteiger partial charge in [-0.1, -0.05) is 54.8 Å². The van der Waals surface area contributed by atoms with Gasteiger partial charge in [-0.25, -0.2) is 0 Å². The lowest BCUT2D eigenvalue weighted by Crippen LogP contribution is -2.34. The second-order valence-corrected chi connectivity index (χ2v) is 17.3. The van der Waals surface area contributed by atoms with Gasteiger partial charge in [-0.05, 0) is 96.1 Å². The summed E-state index contributed by atoms with van der Waals surface area (Å²) >= 11 is 4.23. The molecule has 0 saturated heterocycles. The molecular formula is C23H36P2S2. The van der Waals surface area contributed by atoms with Crippen molar-refractivity contribution in [1.29, 1.82) is 0 Å². The molecule has 2 rings (SSSR count). The van der Waals surface area contributed by atoms with Gasteiger partial charge in [0.15, 0.2) is 0 Å². The second-order valence-electron chi connectivity index (χ2n) is 7.99. The molecule has 1 aliphatic carbocycles. The Morgan fingerprint density at radius 3 is 2.04 bits per heavy atom. The minimum atomic E-state index is -0.142. The fourth-order valence-corrected chi connectivity index (χ4v) is 15.4. The standard InChI is InChI=1S/C23H36P2S2/c1-16-12-18(3)22(19(4)13-16)24(26-8)10-11-25(27-9)23(7)20(5)14-17(2)15-21(23)6/h12-15,20H,10-11H2,1-9H3. The van der Waals surface area contributed by atoms with Crippen molar-refractivity contribution in [3.05, 3.63) is 52.1 Å². The molecule has 27 heavy (non-hydrogen) atoms. The van der Waals surface area contributed by atoms with E-state index in [0.29, 0.717) is 11.1 Å². The van der Waals surface area contributed by atoms with E-state index in [4.69, 9.17) is 0 Å². The van der Waals surface area contributed by atoms with Crippen molar-refractivity contribution >= 4 is 42.3 Å². The van der Waals surface area contributed by atoms with E-state index >= 15 is 0 Å². The zero-order valence-electron chi connectivity index (χ0n) is 18.5. The Morgan fingerprint density at radius 1 is 0.963 bits per heavy atom. The van der Waals surface area contributed by atoms with Crippen LogP contribution >= 0.6 is 37.0 Å². The molecule has 0 N–H and O–H groups in total. The first kappa shape index (κ1) is 23.5. The lowest BCUT2D eigenvalue weighted by atomic mass is 9.82. The minimum absolute atomic E-state index is 0.104. The Hall–Kier alpha value is 0.260. The van der Waals surface area contributed by atoms with Crippen LogP contribution in [0.3, 0.4) is 0 Å². The molecule has 1 aromatic rings. The molecule has 1 aromatic carbocycles. The van der Waals surface area contributed by atoms with Crippen LogP contribution in [0.4, 0.5) is 0 Å². The molecule has 0 fully saturated rings. The Labute approximate surface area is 178 Å². The summed E-state index contributed by atoms with van der Waals surface area (Å²) in [6.45, 7) is 16.4. The van der Waals surface area contributed by atoms with E-state index in [-0.39, 0.29) is 14.2 Å². The van der Waals surface area contributed by atoms with Crippen molar-refractivity contribution in [1.82, 2.24) is 0 Å². The quantitative estimate of drug-likeness (QED) is 0.395. The lowest BCUT2D eigenvalue weighted by Gasteiger charge is -2.44. The van der Waals surface area contributed by atoms with Gasteiger partial charge in [0, 0.05) is 5.16 Å². The summed E-state index contributed by atoms with van der Waals surface area (Å²) in [6.07, 6.45) is 12.3. The van der Waals surface area contributed by atoms with Gasteiger partial charge in [-0.15, -0.1) is 22.8 Å². The molecule has 0 saturated carbocycles. The molecular weight excluding hydrogens is 402 g/mol. The van der Waals surface area contributed by atoms with Crippen molar-refractivity contribution in [3.63, 3.8) is 0 Å². The summed E-state index contributed by atoms with van der Waals surface area (Å²) in [5.41, 5.74) is 7.40. The highest BCUT2D eigenvalue weighted by Crippen LogP contribution is 2.67. The molecule has 4 unspecified atom stereocenters. The number of benzene rings is 1. The molecule has 1 aliphatic rings. The molecule has 0 amide bonds. The summed E-state index contributed by atoms with van der Waals surface area (Å²) in [6, 6.07) is 4.74. The van der Waals surface area contributed by atoms with Gasteiger partial charge < -0.3 is 0 Å². The summed E-state index contributed by atoms with van der Waals surface area (Å²) < 4.78 is 0. The molecule has 0 bridgehead atoms. The zero-order chi connectivity index (χ0) is 20.4. The van der Waals surface area contributed by atoms with Crippen LogP contribution in [0, 0.1) is 26.7 Å². The second kappa shape index (κ2) is 9.84. The molecule has 4 heteroatoms. The van der Waals surface area contributed by atoms with E-state index in [9.17, 15) is 0 Å². The number of aryl methyl sites for hydroxylation is 3. The highest BCUT2D eigenvalue weighted by atomic mass is 32.7. The minimum Gasteiger partial charge on any atom is -0.137 e. The normalized spacial score (nSPS) is 25.0. The van der Waals surface area contributed by atoms with Crippen molar-refractivity contribution in [2.24, 2.45) is 5.92 Å². The highest BCUT2D eigenvalue weighted by Gasteiger charge is 2.41. The Balaban J connectivity index is 2.23. The van der Waals surface area contributed by atoms with Crippen LogP contribution in [0.25, 0.3) is 0 Å². The van der Waals surface area contributed by atoms with Crippen LogP contribution in [0.1, 0.15) is 44.4 Å². The van der Waals surface area contributed by atoms with Gasteiger partial charge in [0.2, 0.25) is 0 Å². The molecule has 0 spiro atoms. The van der Waals surface area contributed by atoms with Crippen molar-refractivity contribution in [3.8, 4) is 0 Å². The van der Waals surface area contributed by atoms with E-state index in [1.54, 1.807) is 10.9 Å². The predicted octanol–water partition coefficient (Wildman–Crippen LogP) is 8.06. The predicted molar refractivity (Wildman–Crippen MR) is 136 cm³/mol. The average molecular weight is 439 g/mol. The van der Waals surface area contributed by atoms with Crippen LogP contribution in [0.2, 0.25) is 0 Å². The van der Waals surface area contributed by atoms with Crippen molar-refractivity contribution in [2.45, 2.75) is 53.6 Å². The number of allylic oxidation sites excluding steroid dienone is 4. The Morgan fingerprint density at radius 2 is 1.56 bits per heavy atom. The third kappa shape index (κ3) is 5.06. The third-order valence-corrected chi connectivity index (χ3v) is 16.9. The molecule has 0 radical (unpaired) electrons. The first-order chi connectivity index (χ1) is 12.6. The summed E-state index contributed by atoms with van der Waals surface area (Å²) in [5, 5.41) is 1.97.